The number of sulfonamides is 1. The van der Waals surface area contributed by atoms with Crippen molar-refractivity contribution in [2.45, 2.75) is 24.6 Å². The van der Waals surface area contributed by atoms with Crippen molar-refractivity contribution >= 4 is 38.8 Å². The SMILES string of the molecule is COc1ccc(CS(=O)(=O)N2CCC(Nc3c(Cl)cnc(N)c3[N+](=O)[O-])CC2)cc1. The van der Waals surface area contributed by atoms with Crippen molar-refractivity contribution < 1.29 is 18.1 Å². The zero-order valence-corrected chi connectivity index (χ0v) is 17.8. The molecule has 1 aromatic carbocycles. The highest BCUT2D eigenvalue weighted by Crippen LogP contribution is 2.36. The zero-order chi connectivity index (χ0) is 21.9. The maximum atomic E-state index is 12.8. The molecule has 3 N–H and O–H groups in total. The molecule has 0 aliphatic carbocycles. The van der Waals surface area contributed by atoms with Crippen molar-refractivity contribution in [1.29, 1.82) is 0 Å². The van der Waals surface area contributed by atoms with E-state index in [2.05, 4.69) is 10.3 Å². The summed E-state index contributed by atoms with van der Waals surface area (Å²) < 4.78 is 32.0. The number of ether oxygens (including phenoxy) is 1. The Hall–Kier alpha value is -2.63. The monoisotopic (exact) mass is 455 g/mol. The van der Waals surface area contributed by atoms with Crippen LogP contribution in [-0.4, -0.2) is 48.9 Å². The van der Waals surface area contributed by atoms with Gasteiger partial charge in [0.25, 0.3) is 0 Å². The maximum Gasteiger partial charge on any atom is 0.335 e. The van der Waals surface area contributed by atoms with Gasteiger partial charge in [-0.1, -0.05) is 23.7 Å². The zero-order valence-electron chi connectivity index (χ0n) is 16.2. The van der Waals surface area contributed by atoms with E-state index < -0.39 is 14.9 Å². The fraction of sp³-hybridized carbons (Fsp3) is 0.389. The van der Waals surface area contributed by atoms with E-state index in [9.17, 15) is 18.5 Å². The smallest absolute Gasteiger partial charge is 0.335 e. The first-order chi connectivity index (χ1) is 14.2. The van der Waals surface area contributed by atoms with Gasteiger partial charge in [-0.2, -0.15) is 0 Å². The average Bonchev–Trinajstić information content (AvgIpc) is 2.71. The molecule has 3 rings (SSSR count). The number of nitrogens with zero attached hydrogens (tertiary/aromatic N) is 3. The van der Waals surface area contributed by atoms with Crippen LogP contribution in [-0.2, 0) is 15.8 Å². The molecule has 30 heavy (non-hydrogen) atoms. The van der Waals surface area contributed by atoms with Crippen LogP contribution in [0.2, 0.25) is 5.02 Å². The summed E-state index contributed by atoms with van der Waals surface area (Å²) in [6.45, 7) is 0.588. The highest BCUT2D eigenvalue weighted by atomic mass is 35.5. The molecule has 0 atom stereocenters. The van der Waals surface area contributed by atoms with Crippen molar-refractivity contribution in [3.8, 4) is 5.75 Å². The number of halogens is 1. The molecule has 1 fully saturated rings. The number of hydrogen-bond acceptors (Lipinski definition) is 8. The standard InChI is InChI=1S/C18H22ClN5O5S/c1-29-14-4-2-12(3-5-14)11-30(27,28)23-8-6-13(7-9-23)22-16-15(19)10-21-18(20)17(16)24(25)26/h2-5,10,13H,6-9,11H2,1H3,(H3,20,21,22). The number of aromatic nitrogens is 1. The van der Waals surface area contributed by atoms with E-state index in [1.165, 1.54) is 10.5 Å². The molecule has 1 aromatic heterocycles. The van der Waals surface area contributed by atoms with Gasteiger partial charge in [0.1, 0.15) is 11.4 Å². The minimum atomic E-state index is -3.49. The van der Waals surface area contributed by atoms with Crippen LogP contribution in [0.1, 0.15) is 18.4 Å². The first-order valence-electron chi connectivity index (χ1n) is 9.17. The van der Waals surface area contributed by atoms with Crippen molar-refractivity contribution in [3.63, 3.8) is 0 Å². The van der Waals surface area contributed by atoms with Gasteiger partial charge < -0.3 is 15.8 Å². The van der Waals surface area contributed by atoms with Gasteiger partial charge >= 0.3 is 5.69 Å². The van der Waals surface area contributed by atoms with Crippen LogP contribution in [0.15, 0.2) is 30.5 Å². The molecule has 0 saturated carbocycles. The fourth-order valence-electron chi connectivity index (χ4n) is 3.32. The molecule has 0 radical (unpaired) electrons. The summed E-state index contributed by atoms with van der Waals surface area (Å²) in [4.78, 5) is 14.4. The van der Waals surface area contributed by atoms with Gasteiger partial charge in [0.15, 0.2) is 0 Å². The van der Waals surface area contributed by atoms with Gasteiger partial charge in [-0.15, -0.1) is 0 Å². The van der Waals surface area contributed by atoms with Crippen LogP contribution in [0.3, 0.4) is 0 Å². The number of methoxy groups -OCH3 is 1. The summed E-state index contributed by atoms with van der Waals surface area (Å²) in [6.07, 6.45) is 2.19. The van der Waals surface area contributed by atoms with Gasteiger partial charge in [-0.25, -0.2) is 17.7 Å². The average molecular weight is 456 g/mol. The molecule has 10 nitrogen and oxygen atoms in total. The lowest BCUT2D eigenvalue weighted by Gasteiger charge is -2.32. The Morgan fingerprint density at radius 1 is 1.33 bits per heavy atom. The largest absolute Gasteiger partial charge is 0.497 e. The molecule has 162 valence electrons. The topological polar surface area (TPSA) is 141 Å². The van der Waals surface area contributed by atoms with Crippen molar-refractivity contribution in [2.24, 2.45) is 0 Å². The van der Waals surface area contributed by atoms with Crippen molar-refractivity contribution in [3.05, 3.63) is 51.2 Å². The van der Waals surface area contributed by atoms with Crippen LogP contribution in [0.4, 0.5) is 17.2 Å². The number of benzene rings is 1. The number of piperidine rings is 1. The van der Waals surface area contributed by atoms with Crippen LogP contribution in [0.5, 0.6) is 5.75 Å². The summed E-state index contributed by atoms with van der Waals surface area (Å²) in [6, 6.07) is 6.70. The lowest BCUT2D eigenvalue weighted by molar-refractivity contribution is -0.383. The van der Waals surface area contributed by atoms with Crippen molar-refractivity contribution in [2.75, 3.05) is 31.2 Å². The molecule has 2 aromatic rings. The number of pyridine rings is 1. The summed E-state index contributed by atoms with van der Waals surface area (Å²) >= 11 is 6.08. The van der Waals surface area contributed by atoms with E-state index in [4.69, 9.17) is 22.1 Å². The van der Waals surface area contributed by atoms with E-state index in [0.717, 1.165) is 0 Å². The molecule has 0 spiro atoms. The van der Waals surface area contributed by atoms with Gasteiger partial charge in [-0.05, 0) is 30.5 Å². The second-order valence-electron chi connectivity index (χ2n) is 6.89. The van der Waals surface area contributed by atoms with Gasteiger partial charge in [0.2, 0.25) is 15.8 Å². The molecule has 12 heteroatoms. The number of rotatable bonds is 7. The predicted molar refractivity (Wildman–Crippen MR) is 114 cm³/mol. The molecule has 0 bridgehead atoms. The number of nitrogens with two attached hydrogens (primary N) is 1. The Balaban J connectivity index is 1.65. The van der Waals surface area contributed by atoms with E-state index >= 15 is 0 Å². The molecule has 0 unspecified atom stereocenters. The van der Waals surface area contributed by atoms with Gasteiger partial charge in [0, 0.05) is 19.1 Å². The number of nitrogens with one attached hydrogen (secondary N) is 1. The van der Waals surface area contributed by atoms with Crippen molar-refractivity contribution in [1.82, 2.24) is 9.29 Å². The van der Waals surface area contributed by atoms with Gasteiger partial charge in [0.05, 0.1) is 29.0 Å². The third kappa shape index (κ3) is 4.91. The molecular formula is C18H22ClN5O5S. The van der Waals surface area contributed by atoms with Gasteiger partial charge in [-0.3, -0.25) is 10.1 Å². The number of hydrogen-bond donors (Lipinski definition) is 2. The maximum absolute atomic E-state index is 12.8. The molecule has 2 heterocycles. The van der Waals surface area contributed by atoms with E-state index in [1.807, 2.05) is 0 Å². The Labute approximate surface area is 179 Å². The molecule has 1 saturated heterocycles. The third-order valence-corrected chi connectivity index (χ3v) is 7.06. The molecule has 1 aliphatic rings. The normalized spacial score (nSPS) is 15.7. The summed E-state index contributed by atoms with van der Waals surface area (Å²) in [5.41, 5.74) is 6.02. The number of nitro groups is 1. The third-order valence-electron chi connectivity index (χ3n) is 4.92. The fourth-order valence-corrected chi connectivity index (χ4v) is 5.08. The van der Waals surface area contributed by atoms with Crippen LogP contribution < -0.4 is 15.8 Å². The summed E-state index contributed by atoms with van der Waals surface area (Å²) in [5, 5.41) is 14.5. The second-order valence-corrected chi connectivity index (χ2v) is 9.27. The predicted octanol–water partition coefficient (Wildman–Crippen LogP) is 2.64. The summed E-state index contributed by atoms with van der Waals surface area (Å²) in [5.74, 6) is 0.326. The highest BCUT2D eigenvalue weighted by molar-refractivity contribution is 7.88. The quantitative estimate of drug-likeness (QED) is 0.479. The molecule has 1 aliphatic heterocycles. The lowest BCUT2D eigenvalue weighted by Crippen LogP contribution is -2.42. The second kappa shape index (κ2) is 9.02. The first kappa shape index (κ1) is 22.1. The molecular weight excluding hydrogens is 434 g/mol. The van der Waals surface area contributed by atoms with E-state index in [1.54, 1.807) is 31.4 Å². The Morgan fingerprint density at radius 2 is 1.97 bits per heavy atom. The Morgan fingerprint density at radius 3 is 2.53 bits per heavy atom. The number of anilines is 2. The summed E-state index contributed by atoms with van der Waals surface area (Å²) in [7, 11) is -1.94. The Kier molecular flexibility index (Phi) is 6.64. The lowest BCUT2D eigenvalue weighted by atomic mass is 10.1. The van der Waals surface area contributed by atoms with E-state index in [-0.39, 0.29) is 34.0 Å². The van der Waals surface area contributed by atoms with E-state index in [0.29, 0.717) is 37.2 Å². The number of nitrogen functional groups attached to an aromatic ring is 1. The van der Waals surface area contributed by atoms with Crippen LogP contribution in [0.25, 0.3) is 0 Å². The Bertz CT molecular complexity index is 1020. The first-order valence-corrected chi connectivity index (χ1v) is 11.2. The minimum Gasteiger partial charge on any atom is -0.497 e. The van der Waals surface area contributed by atoms with Crippen LogP contribution in [0, 0.1) is 10.1 Å². The molecule has 0 amide bonds. The minimum absolute atomic E-state index is 0.0884. The van der Waals surface area contributed by atoms with Crippen LogP contribution >= 0.6 is 11.6 Å². The highest BCUT2D eigenvalue weighted by Gasteiger charge is 2.30.